The summed E-state index contributed by atoms with van der Waals surface area (Å²) in [5, 5.41) is 2.77. The molecule has 30 heavy (non-hydrogen) atoms. The molecule has 0 radical (unpaired) electrons. The highest BCUT2D eigenvalue weighted by molar-refractivity contribution is 5.92. The number of amides is 2. The molecule has 1 aliphatic rings. The standard InChI is InChI=1S/C23H29FN4O2/c1-18-5-3-4-6-19(18)15-26(2)17-23(30)28-13-11-27(12-14-28)16-22(29)25-21-9-7-20(24)8-10-21/h3-10H,11-17H2,1-2H3,(H,25,29). The molecule has 0 aromatic heterocycles. The molecule has 2 amide bonds. The number of rotatable bonds is 7. The molecule has 1 fully saturated rings. The smallest absolute Gasteiger partial charge is 0.238 e. The summed E-state index contributed by atoms with van der Waals surface area (Å²) < 4.78 is 12.9. The van der Waals surface area contributed by atoms with E-state index in [1.807, 2.05) is 33.9 Å². The SMILES string of the molecule is Cc1ccccc1CN(C)CC(=O)N1CCN(CC(=O)Nc2ccc(F)cc2)CC1. The molecule has 1 N–H and O–H groups in total. The van der Waals surface area contributed by atoms with Crippen LogP contribution in [0, 0.1) is 12.7 Å². The Balaban J connectivity index is 1.40. The summed E-state index contributed by atoms with van der Waals surface area (Å²) >= 11 is 0. The highest BCUT2D eigenvalue weighted by atomic mass is 19.1. The summed E-state index contributed by atoms with van der Waals surface area (Å²) in [4.78, 5) is 30.8. The van der Waals surface area contributed by atoms with Crippen LogP contribution < -0.4 is 5.32 Å². The van der Waals surface area contributed by atoms with Crippen LogP contribution in [0.15, 0.2) is 48.5 Å². The first-order valence-corrected chi connectivity index (χ1v) is 10.2. The molecule has 0 bridgehead atoms. The maximum absolute atomic E-state index is 12.9. The predicted molar refractivity (Wildman–Crippen MR) is 116 cm³/mol. The Labute approximate surface area is 177 Å². The third-order valence-electron chi connectivity index (χ3n) is 5.33. The number of likely N-dealkylation sites (N-methyl/N-ethyl adjacent to an activating group) is 1. The van der Waals surface area contributed by atoms with Crippen molar-refractivity contribution in [2.24, 2.45) is 0 Å². The van der Waals surface area contributed by atoms with E-state index in [4.69, 9.17) is 0 Å². The highest BCUT2D eigenvalue weighted by Crippen LogP contribution is 2.11. The van der Waals surface area contributed by atoms with E-state index in [1.165, 1.54) is 35.4 Å². The van der Waals surface area contributed by atoms with Crippen LogP contribution in [0.5, 0.6) is 0 Å². The number of anilines is 1. The molecule has 2 aromatic carbocycles. The molecule has 0 unspecified atom stereocenters. The lowest BCUT2D eigenvalue weighted by atomic mass is 10.1. The largest absolute Gasteiger partial charge is 0.339 e. The molecule has 7 heteroatoms. The minimum atomic E-state index is -0.335. The van der Waals surface area contributed by atoms with Gasteiger partial charge in [0.25, 0.3) is 0 Å². The van der Waals surface area contributed by atoms with Crippen molar-refractivity contribution in [1.29, 1.82) is 0 Å². The number of carbonyl (C=O) groups excluding carboxylic acids is 2. The number of hydrogen-bond acceptors (Lipinski definition) is 4. The van der Waals surface area contributed by atoms with Crippen LogP contribution >= 0.6 is 0 Å². The molecule has 0 aliphatic carbocycles. The van der Waals surface area contributed by atoms with Crippen LogP contribution in [0.2, 0.25) is 0 Å². The molecule has 6 nitrogen and oxygen atoms in total. The van der Waals surface area contributed by atoms with Gasteiger partial charge >= 0.3 is 0 Å². The van der Waals surface area contributed by atoms with E-state index in [0.717, 1.165) is 6.54 Å². The van der Waals surface area contributed by atoms with Crippen LogP contribution in [-0.2, 0) is 16.1 Å². The minimum absolute atomic E-state index is 0.112. The van der Waals surface area contributed by atoms with Crippen LogP contribution in [-0.4, -0.2) is 72.8 Å². The minimum Gasteiger partial charge on any atom is -0.339 e. The van der Waals surface area contributed by atoms with Crippen molar-refractivity contribution in [3.63, 3.8) is 0 Å². The van der Waals surface area contributed by atoms with Crippen molar-refractivity contribution in [2.45, 2.75) is 13.5 Å². The number of hydrogen-bond donors (Lipinski definition) is 1. The maximum atomic E-state index is 12.9. The first kappa shape index (κ1) is 21.9. The van der Waals surface area contributed by atoms with Gasteiger partial charge in [-0.2, -0.15) is 0 Å². The number of nitrogens with zero attached hydrogens (tertiary/aromatic N) is 3. The Morgan fingerprint density at radius 3 is 2.37 bits per heavy atom. The van der Waals surface area contributed by atoms with Gasteiger partial charge in [-0.15, -0.1) is 0 Å². The number of carbonyl (C=O) groups is 2. The molecule has 160 valence electrons. The molecule has 2 aromatic rings. The first-order valence-electron chi connectivity index (χ1n) is 10.2. The molecule has 1 heterocycles. The van der Waals surface area contributed by atoms with Crippen molar-refractivity contribution < 1.29 is 14.0 Å². The Hall–Kier alpha value is -2.77. The van der Waals surface area contributed by atoms with E-state index in [2.05, 4.69) is 24.4 Å². The fraction of sp³-hybridized carbons (Fsp3) is 0.391. The van der Waals surface area contributed by atoms with E-state index in [9.17, 15) is 14.0 Å². The van der Waals surface area contributed by atoms with Crippen molar-refractivity contribution in [3.05, 3.63) is 65.5 Å². The van der Waals surface area contributed by atoms with Gasteiger partial charge in [-0.3, -0.25) is 19.4 Å². The van der Waals surface area contributed by atoms with Crippen molar-refractivity contribution in [2.75, 3.05) is 51.6 Å². The molecular formula is C23H29FN4O2. The topological polar surface area (TPSA) is 55.9 Å². The second-order valence-corrected chi connectivity index (χ2v) is 7.81. The van der Waals surface area contributed by atoms with E-state index < -0.39 is 0 Å². The average molecular weight is 413 g/mol. The summed E-state index contributed by atoms with van der Waals surface area (Å²) in [6.45, 7) is 5.99. The van der Waals surface area contributed by atoms with Gasteiger partial charge in [0.05, 0.1) is 13.1 Å². The quantitative estimate of drug-likeness (QED) is 0.759. The lowest BCUT2D eigenvalue weighted by molar-refractivity contribution is -0.134. The number of nitrogens with one attached hydrogen (secondary N) is 1. The molecule has 0 saturated carbocycles. The maximum Gasteiger partial charge on any atom is 0.238 e. The van der Waals surface area contributed by atoms with Crippen LogP contribution in [0.4, 0.5) is 10.1 Å². The van der Waals surface area contributed by atoms with Gasteiger partial charge in [0, 0.05) is 38.4 Å². The third-order valence-corrected chi connectivity index (χ3v) is 5.33. The zero-order valence-corrected chi connectivity index (χ0v) is 17.6. The van der Waals surface area contributed by atoms with Gasteiger partial charge < -0.3 is 10.2 Å². The molecule has 0 atom stereocenters. The molecule has 3 rings (SSSR count). The zero-order valence-electron chi connectivity index (χ0n) is 17.6. The van der Waals surface area contributed by atoms with Crippen LogP contribution in [0.25, 0.3) is 0 Å². The number of piperazine rings is 1. The fourth-order valence-electron chi connectivity index (χ4n) is 3.56. The fourth-order valence-corrected chi connectivity index (χ4v) is 3.56. The summed E-state index contributed by atoms with van der Waals surface area (Å²) in [5.41, 5.74) is 3.03. The number of benzene rings is 2. The van der Waals surface area contributed by atoms with Crippen molar-refractivity contribution in [1.82, 2.24) is 14.7 Å². The molecular weight excluding hydrogens is 383 g/mol. The lowest BCUT2D eigenvalue weighted by Crippen LogP contribution is -2.52. The van der Waals surface area contributed by atoms with Crippen molar-refractivity contribution in [3.8, 4) is 0 Å². The Kier molecular flexibility index (Phi) is 7.54. The summed E-state index contributed by atoms with van der Waals surface area (Å²) in [5.74, 6) is -0.362. The van der Waals surface area contributed by atoms with E-state index in [-0.39, 0.29) is 24.2 Å². The summed E-state index contributed by atoms with van der Waals surface area (Å²) in [7, 11) is 1.96. The van der Waals surface area contributed by atoms with E-state index in [0.29, 0.717) is 38.4 Å². The van der Waals surface area contributed by atoms with Gasteiger partial charge in [0.2, 0.25) is 11.8 Å². The van der Waals surface area contributed by atoms with Crippen LogP contribution in [0.3, 0.4) is 0 Å². The second-order valence-electron chi connectivity index (χ2n) is 7.81. The Morgan fingerprint density at radius 1 is 1.03 bits per heavy atom. The molecule has 1 saturated heterocycles. The monoisotopic (exact) mass is 412 g/mol. The highest BCUT2D eigenvalue weighted by Gasteiger charge is 2.23. The zero-order chi connectivity index (χ0) is 21.5. The normalized spacial score (nSPS) is 14.7. The Bertz CT molecular complexity index is 864. The van der Waals surface area contributed by atoms with Crippen molar-refractivity contribution >= 4 is 17.5 Å². The lowest BCUT2D eigenvalue weighted by Gasteiger charge is -2.35. The number of halogens is 1. The Morgan fingerprint density at radius 2 is 1.70 bits per heavy atom. The van der Waals surface area contributed by atoms with E-state index >= 15 is 0 Å². The van der Waals surface area contributed by atoms with Gasteiger partial charge in [-0.05, 0) is 49.4 Å². The second kappa shape index (κ2) is 10.3. The molecule has 1 aliphatic heterocycles. The summed E-state index contributed by atoms with van der Waals surface area (Å²) in [6, 6.07) is 13.9. The average Bonchev–Trinajstić information content (AvgIpc) is 2.72. The third kappa shape index (κ3) is 6.37. The van der Waals surface area contributed by atoms with E-state index in [1.54, 1.807) is 0 Å². The summed E-state index contributed by atoms with van der Waals surface area (Å²) in [6.07, 6.45) is 0. The first-order chi connectivity index (χ1) is 14.4. The van der Waals surface area contributed by atoms with Crippen LogP contribution in [0.1, 0.15) is 11.1 Å². The molecule has 0 spiro atoms. The van der Waals surface area contributed by atoms with Gasteiger partial charge in [-0.1, -0.05) is 24.3 Å². The number of aryl methyl sites for hydroxylation is 1. The predicted octanol–water partition coefficient (Wildman–Crippen LogP) is 2.35. The van der Waals surface area contributed by atoms with Gasteiger partial charge in [-0.25, -0.2) is 4.39 Å². The van der Waals surface area contributed by atoms with Gasteiger partial charge in [0.1, 0.15) is 5.82 Å². The van der Waals surface area contributed by atoms with Gasteiger partial charge in [0.15, 0.2) is 0 Å².